The van der Waals surface area contributed by atoms with E-state index in [4.69, 9.17) is 16.3 Å². The molecule has 1 fully saturated rings. The minimum absolute atomic E-state index is 0.168. The minimum Gasteiger partial charge on any atom is -0.365 e. The maximum Gasteiger partial charge on any atom is 0.250 e. The molecule has 1 atom stereocenters. The summed E-state index contributed by atoms with van der Waals surface area (Å²) in [5, 5.41) is 12.3. The lowest BCUT2D eigenvalue weighted by Crippen LogP contribution is -2.49. The van der Waals surface area contributed by atoms with Gasteiger partial charge in [0.2, 0.25) is 0 Å². The fourth-order valence-electron chi connectivity index (χ4n) is 2.14. The molecule has 1 heterocycles. The second kappa shape index (κ2) is 6.44. The van der Waals surface area contributed by atoms with Crippen LogP contribution in [0.3, 0.4) is 0 Å². The molecular weight excluding hydrogens is 346 g/mol. The first-order valence-electron chi connectivity index (χ1n) is 6.04. The van der Waals surface area contributed by atoms with E-state index >= 15 is 0 Å². The van der Waals surface area contributed by atoms with E-state index in [-0.39, 0.29) is 5.91 Å². The van der Waals surface area contributed by atoms with Crippen molar-refractivity contribution in [3.63, 3.8) is 0 Å². The first kappa shape index (κ1) is 15.1. The number of morpholine rings is 1. The maximum absolute atomic E-state index is 11.7. The number of benzene rings is 1. The van der Waals surface area contributed by atoms with Crippen LogP contribution in [0.25, 0.3) is 0 Å². The summed E-state index contributed by atoms with van der Waals surface area (Å²) in [6.45, 7) is 1.44. The van der Waals surface area contributed by atoms with Crippen molar-refractivity contribution >= 4 is 39.1 Å². The van der Waals surface area contributed by atoms with E-state index in [1.165, 1.54) is 0 Å². The second-order valence-corrected chi connectivity index (χ2v) is 5.61. The van der Waals surface area contributed by atoms with Gasteiger partial charge in [-0.05, 0) is 28.1 Å². The van der Waals surface area contributed by atoms with Crippen LogP contribution in [-0.2, 0) is 9.53 Å². The van der Waals surface area contributed by atoms with Crippen LogP contribution in [0.1, 0.15) is 5.56 Å². The fourth-order valence-corrected chi connectivity index (χ4v) is 3.21. The third kappa shape index (κ3) is 3.06. The van der Waals surface area contributed by atoms with E-state index in [0.29, 0.717) is 30.3 Å². The van der Waals surface area contributed by atoms with Crippen LogP contribution in [0, 0.1) is 11.3 Å². The van der Waals surface area contributed by atoms with E-state index in [1.807, 2.05) is 4.90 Å². The molecule has 0 bridgehead atoms. The van der Waals surface area contributed by atoms with Gasteiger partial charge in [-0.2, -0.15) is 5.26 Å². The predicted octanol–water partition coefficient (Wildman–Crippen LogP) is 1.93. The lowest BCUT2D eigenvalue weighted by atomic mass is 10.1. The van der Waals surface area contributed by atoms with Gasteiger partial charge in [-0.15, -0.1) is 0 Å². The molecule has 0 saturated carbocycles. The van der Waals surface area contributed by atoms with Gasteiger partial charge in [0.15, 0.2) is 6.10 Å². The Morgan fingerprint density at radius 2 is 2.40 bits per heavy atom. The highest BCUT2D eigenvalue weighted by Gasteiger charge is 2.28. The van der Waals surface area contributed by atoms with Gasteiger partial charge >= 0.3 is 0 Å². The first-order valence-corrected chi connectivity index (χ1v) is 7.21. The van der Waals surface area contributed by atoms with Gasteiger partial charge in [0, 0.05) is 23.1 Å². The van der Waals surface area contributed by atoms with Crippen LogP contribution in [0.4, 0.5) is 5.69 Å². The van der Waals surface area contributed by atoms with Gasteiger partial charge < -0.3 is 15.0 Å². The Hall–Kier alpha value is -1.29. The molecule has 106 valence electrons. The van der Waals surface area contributed by atoms with E-state index in [9.17, 15) is 10.1 Å². The zero-order valence-corrected chi connectivity index (χ0v) is 13.2. The Bertz CT molecular complexity index is 573. The number of amides is 1. The van der Waals surface area contributed by atoms with Crippen molar-refractivity contribution in [1.82, 2.24) is 5.32 Å². The monoisotopic (exact) mass is 357 g/mol. The number of ether oxygens (including phenoxy) is 1. The largest absolute Gasteiger partial charge is 0.365 e. The molecule has 0 aliphatic carbocycles. The highest BCUT2D eigenvalue weighted by atomic mass is 79.9. The fraction of sp³-hybridized carbons (Fsp3) is 0.385. The van der Waals surface area contributed by atoms with Crippen molar-refractivity contribution in [2.24, 2.45) is 0 Å². The average Bonchev–Trinajstić information content (AvgIpc) is 2.45. The number of carbonyl (C=O) groups is 1. The lowest BCUT2D eigenvalue weighted by Gasteiger charge is -2.34. The number of hydrogen-bond acceptors (Lipinski definition) is 4. The van der Waals surface area contributed by atoms with E-state index in [2.05, 4.69) is 27.3 Å². The summed E-state index contributed by atoms with van der Waals surface area (Å²) in [4.78, 5) is 13.6. The van der Waals surface area contributed by atoms with Crippen LogP contribution < -0.4 is 10.2 Å². The summed E-state index contributed by atoms with van der Waals surface area (Å²) in [6.07, 6.45) is -0.539. The quantitative estimate of drug-likeness (QED) is 0.877. The number of carbonyl (C=O) groups excluding carboxylic acids is 1. The van der Waals surface area contributed by atoms with Crippen molar-refractivity contribution in [3.05, 3.63) is 27.2 Å². The van der Waals surface area contributed by atoms with Crippen molar-refractivity contribution in [2.45, 2.75) is 6.10 Å². The number of likely N-dealkylation sites (N-methyl/N-ethyl adjacent to an activating group) is 1. The molecule has 5 nitrogen and oxygen atoms in total. The number of hydrogen-bond donors (Lipinski definition) is 1. The van der Waals surface area contributed by atoms with Crippen molar-refractivity contribution in [1.29, 1.82) is 5.26 Å². The molecule has 1 saturated heterocycles. The molecule has 1 aliphatic rings. The Kier molecular flexibility index (Phi) is 4.86. The van der Waals surface area contributed by atoms with Gasteiger partial charge in [0.25, 0.3) is 5.91 Å². The smallest absolute Gasteiger partial charge is 0.250 e. The van der Waals surface area contributed by atoms with E-state index in [0.717, 1.165) is 10.2 Å². The summed E-state index contributed by atoms with van der Waals surface area (Å²) in [7, 11) is 1.57. The molecule has 0 aromatic heterocycles. The number of nitrogens with zero attached hydrogens (tertiary/aromatic N) is 2. The molecule has 7 heteroatoms. The molecule has 20 heavy (non-hydrogen) atoms. The van der Waals surface area contributed by atoms with Crippen molar-refractivity contribution in [3.8, 4) is 6.07 Å². The van der Waals surface area contributed by atoms with Gasteiger partial charge in [0.1, 0.15) is 6.07 Å². The molecule has 1 aliphatic heterocycles. The molecule has 1 aromatic rings. The molecule has 0 spiro atoms. The molecule has 1 N–H and O–H groups in total. The summed E-state index contributed by atoms with van der Waals surface area (Å²) in [6, 6.07) is 5.49. The Balaban J connectivity index is 2.32. The number of anilines is 1. The highest BCUT2D eigenvalue weighted by Crippen LogP contribution is 2.34. The predicted molar refractivity (Wildman–Crippen MR) is 79.9 cm³/mol. The molecule has 1 amide bonds. The maximum atomic E-state index is 11.7. The summed E-state index contributed by atoms with van der Waals surface area (Å²) in [5.41, 5.74) is 1.22. The van der Waals surface area contributed by atoms with Crippen molar-refractivity contribution < 1.29 is 9.53 Å². The van der Waals surface area contributed by atoms with Gasteiger partial charge in [0.05, 0.1) is 24.4 Å². The zero-order valence-electron chi connectivity index (χ0n) is 10.8. The Morgan fingerprint density at radius 1 is 1.65 bits per heavy atom. The Labute approximate surface area is 130 Å². The summed E-state index contributed by atoms with van der Waals surface area (Å²) >= 11 is 9.38. The normalized spacial score (nSPS) is 18.5. The molecule has 1 aromatic carbocycles. The first-order chi connectivity index (χ1) is 9.56. The van der Waals surface area contributed by atoms with Crippen LogP contribution in [0.15, 0.2) is 16.6 Å². The van der Waals surface area contributed by atoms with Crippen LogP contribution in [0.2, 0.25) is 5.02 Å². The standard InChI is InChI=1S/C13H13BrClN3O2/c1-17-13(19)11-7-18(2-3-20-11)12-8(6-16)4-9(15)5-10(12)14/h4-5,11H,2-3,7H2,1H3,(H,17,19)/t11-/m1/s1. The number of rotatable bonds is 2. The minimum atomic E-state index is -0.539. The van der Waals surface area contributed by atoms with Gasteiger partial charge in [-0.1, -0.05) is 11.6 Å². The molecule has 2 rings (SSSR count). The zero-order chi connectivity index (χ0) is 14.7. The Morgan fingerprint density at radius 3 is 3.05 bits per heavy atom. The third-order valence-corrected chi connectivity index (χ3v) is 3.89. The van der Waals surface area contributed by atoms with Gasteiger partial charge in [-0.25, -0.2) is 0 Å². The van der Waals surface area contributed by atoms with Crippen LogP contribution in [-0.4, -0.2) is 38.8 Å². The molecule has 0 radical (unpaired) electrons. The number of halogens is 2. The van der Waals surface area contributed by atoms with Gasteiger partial charge in [-0.3, -0.25) is 4.79 Å². The average molecular weight is 359 g/mol. The number of nitrogens with one attached hydrogen (secondary N) is 1. The van der Waals surface area contributed by atoms with Crippen LogP contribution in [0.5, 0.6) is 0 Å². The SMILES string of the molecule is CNC(=O)[C@H]1CN(c2c(Br)cc(Cl)cc2C#N)CCO1. The van der Waals surface area contributed by atoms with E-state index < -0.39 is 6.10 Å². The van der Waals surface area contributed by atoms with Crippen molar-refractivity contribution in [2.75, 3.05) is 31.6 Å². The topological polar surface area (TPSA) is 65.4 Å². The summed E-state index contributed by atoms with van der Waals surface area (Å²) < 4.78 is 6.18. The molecule has 0 unspecified atom stereocenters. The van der Waals surface area contributed by atoms with E-state index in [1.54, 1.807) is 19.2 Å². The second-order valence-electron chi connectivity index (χ2n) is 4.32. The molecular formula is C13H13BrClN3O2. The van der Waals surface area contributed by atoms with Crippen LogP contribution >= 0.6 is 27.5 Å². The lowest BCUT2D eigenvalue weighted by molar-refractivity contribution is -0.132. The third-order valence-electron chi connectivity index (χ3n) is 3.07. The summed E-state index contributed by atoms with van der Waals surface area (Å²) in [5.74, 6) is -0.168. The highest BCUT2D eigenvalue weighted by molar-refractivity contribution is 9.10. The number of nitriles is 1.